The number of aromatic nitrogens is 4. The van der Waals surface area contributed by atoms with Crippen molar-refractivity contribution in [1.82, 2.24) is 19.7 Å². The van der Waals surface area contributed by atoms with Gasteiger partial charge in [-0.3, -0.25) is 4.57 Å². The van der Waals surface area contributed by atoms with Crippen molar-refractivity contribution in [2.45, 2.75) is 10.9 Å². The van der Waals surface area contributed by atoms with E-state index < -0.39 is 0 Å². The first-order valence-corrected chi connectivity index (χ1v) is 5.61. The molecule has 6 nitrogen and oxygen atoms in total. The number of thioether (sulfide) groups is 1. The van der Waals surface area contributed by atoms with Crippen molar-refractivity contribution in [1.29, 1.82) is 0 Å². The first-order chi connectivity index (χ1) is 7.66. The van der Waals surface area contributed by atoms with Crippen molar-refractivity contribution in [2.24, 2.45) is 7.05 Å². The van der Waals surface area contributed by atoms with Gasteiger partial charge in [-0.05, 0) is 12.1 Å². The highest BCUT2D eigenvalue weighted by Gasteiger charge is 2.05. The molecule has 0 fully saturated rings. The summed E-state index contributed by atoms with van der Waals surface area (Å²) in [5.74, 6) is 1.12. The van der Waals surface area contributed by atoms with Crippen molar-refractivity contribution in [3.05, 3.63) is 34.4 Å². The molecule has 0 atom stereocenters. The number of hydrogen-bond acceptors (Lipinski definition) is 5. The van der Waals surface area contributed by atoms with Gasteiger partial charge < -0.3 is 5.73 Å². The van der Waals surface area contributed by atoms with Crippen LogP contribution in [0.15, 0.2) is 28.2 Å². The zero-order valence-corrected chi connectivity index (χ0v) is 9.49. The van der Waals surface area contributed by atoms with Gasteiger partial charge in [0.25, 0.3) is 0 Å². The number of aromatic amines is 1. The van der Waals surface area contributed by atoms with Crippen LogP contribution in [-0.4, -0.2) is 19.7 Å². The summed E-state index contributed by atoms with van der Waals surface area (Å²) in [5.41, 5.74) is 6.21. The second kappa shape index (κ2) is 4.40. The molecule has 0 bridgehead atoms. The van der Waals surface area contributed by atoms with Gasteiger partial charge in [0.05, 0.1) is 5.69 Å². The third kappa shape index (κ3) is 2.25. The number of anilines is 1. The van der Waals surface area contributed by atoms with E-state index in [1.54, 1.807) is 13.1 Å². The van der Waals surface area contributed by atoms with Gasteiger partial charge in [-0.15, -0.1) is 5.10 Å². The molecule has 7 heteroatoms. The predicted molar refractivity (Wildman–Crippen MR) is 62.0 cm³/mol. The quantitative estimate of drug-likeness (QED) is 0.753. The highest BCUT2D eigenvalue weighted by molar-refractivity contribution is 7.98. The van der Waals surface area contributed by atoms with Gasteiger partial charge in [0, 0.05) is 12.8 Å². The van der Waals surface area contributed by atoms with Crippen molar-refractivity contribution in [2.75, 3.05) is 5.73 Å². The van der Waals surface area contributed by atoms with Crippen molar-refractivity contribution in [3.8, 4) is 0 Å². The molecule has 0 radical (unpaired) electrons. The first-order valence-electron chi connectivity index (χ1n) is 4.62. The summed E-state index contributed by atoms with van der Waals surface area (Å²) in [5, 5.41) is 6.89. The molecule has 0 aliphatic heterocycles. The SMILES string of the molecule is Cn1c(SCc2cccc(N)n2)n[nH]c1=O. The Morgan fingerprint density at radius 1 is 1.56 bits per heavy atom. The van der Waals surface area contributed by atoms with E-state index in [2.05, 4.69) is 15.2 Å². The van der Waals surface area contributed by atoms with E-state index in [1.807, 2.05) is 12.1 Å². The van der Waals surface area contributed by atoms with Crippen LogP contribution >= 0.6 is 11.8 Å². The fraction of sp³-hybridized carbons (Fsp3) is 0.222. The highest BCUT2D eigenvalue weighted by Crippen LogP contribution is 2.17. The Bertz CT molecular complexity index is 547. The Kier molecular flexibility index (Phi) is 2.95. The van der Waals surface area contributed by atoms with Gasteiger partial charge in [0.15, 0.2) is 5.16 Å². The summed E-state index contributed by atoms with van der Waals surface area (Å²) in [7, 11) is 1.67. The minimum Gasteiger partial charge on any atom is -0.384 e. The second-order valence-electron chi connectivity index (χ2n) is 3.21. The number of nitrogens with zero attached hydrogens (tertiary/aromatic N) is 3. The maximum Gasteiger partial charge on any atom is 0.343 e. The molecule has 2 aromatic heterocycles. The number of nitrogen functional groups attached to an aromatic ring is 1. The molecule has 3 N–H and O–H groups in total. The lowest BCUT2D eigenvalue weighted by Crippen LogP contribution is -2.12. The van der Waals surface area contributed by atoms with Crippen LogP contribution in [0.4, 0.5) is 5.82 Å². The van der Waals surface area contributed by atoms with Gasteiger partial charge in [-0.2, -0.15) is 0 Å². The topological polar surface area (TPSA) is 89.6 Å². The lowest BCUT2D eigenvalue weighted by Gasteiger charge is -2.00. The minimum absolute atomic E-state index is 0.219. The molecule has 84 valence electrons. The Morgan fingerprint density at radius 3 is 3.00 bits per heavy atom. The van der Waals surface area contributed by atoms with Gasteiger partial charge >= 0.3 is 5.69 Å². The number of rotatable bonds is 3. The summed E-state index contributed by atoms with van der Waals surface area (Å²) in [4.78, 5) is 15.3. The predicted octanol–water partition coefficient (Wildman–Crippen LogP) is 0.378. The summed E-state index contributed by atoms with van der Waals surface area (Å²) in [6, 6.07) is 5.47. The molecular formula is C9H11N5OS. The van der Waals surface area contributed by atoms with Crippen LogP contribution in [0.3, 0.4) is 0 Å². The van der Waals surface area contributed by atoms with Crippen LogP contribution < -0.4 is 11.4 Å². The smallest absolute Gasteiger partial charge is 0.343 e. The second-order valence-corrected chi connectivity index (χ2v) is 4.16. The van der Waals surface area contributed by atoms with Gasteiger partial charge in [0.1, 0.15) is 5.82 Å². The third-order valence-electron chi connectivity index (χ3n) is 2.02. The van der Waals surface area contributed by atoms with E-state index in [0.717, 1.165) is 5.69 Å². The lowest BCUT2D eigenvalue weighted by atomic mass is 10.4. The molecule has 0 spiro atoms. The van der Waals surface area contributed by atoms with E-state index in [1.165, 1.54) is 16.3 Å². The Morgan fingerprint density at radius 2 is 2.38 bits per heavy atom. The van der Waals surface area contributed by atoms with E-state index in [-0.39, 0.29) is 5.69 Å². The van der Waals surface area contributed by atoms with E-state index in [4.69, 9.17) is 5.73 Å². The average Bonchev–Trinajstić information content (AvgIpc) is 2.57. The van der Waals surface area contributed by atoms with Gasteiger partial charge in [-0.25, -0.2) is 14.9 Å². The molecule has 0 aliphatic carbocycles. The van der Waals surface area contributed by atoms with Crippen molar-refractivity contribution < 1.29 is 0 Å². The van der Waals surface area contributed by atoms with Crippen molar-refractivity contribution in [3.63, 3.8) is 0 Å². The standard InChI is InChI=1S/C9H11N5OS/c1-14-8(15)12-13-9(14)16-5-6-3-2-4-7(10)11-6/h2-4H,5H2,1H3,(H2,10,11)(H,12,15). The molecule has 0 unspecified atom stereocenters. The summed E-state index contributed by atoms with van der Waals surface area (Å²) < 4.78 is 1.46. The number of hydrogen-bond donors (Lipinski definition) is 2. The Labute approximate surface area is 95.9 Å². The zero-order chi connectivity index (χ0) is 11.5. The molecule has 0 saturated carbocycles. The first kappa shape index (κ1) is 10.7. The Hall–Kier alpha value is -1.76. The van der Waals surface area contributed by atoms with Crippen LogP contribution in [0.5, 0.6) is 0 Å². The fourth-order valence-electron chi connectivity index (χ4n) is 1.18. The molecular weight excluding hydrogens is 226 g/mol. The molecule has 0 saturated heterocycles. The molecule has 16 heavy (non-hydrogen) atoms. The van der Waals surface area contributed by atoms with Crippen LogP contribution in [-0.2, 0) is 12.8 Å². The number of H-pyrrole nitrogens is 1. The summed E-state index contributed by atoms with van der Waals surface area (Å²) in [6.45, 7) is 0. The van der Waals surface area contributed by atoms with Crippen LogP contribution in [0, 0.1) is 0 Å². The normalized spacial score (nSPS) is 10.6. The molecule has 2 heterocycles. The summed E-state index contributed by atoms with van der Waals surface area (Å²) >= 11 is 1.43. The zero-order valence-electron chi connectivity index (χ0n) is 8.67. The number of nitrogens with one attached hydrogen (secondary N) is 1. The molecule has 0 amide bonds. The largest absolute Gasteiger partial charge is 0.384 e. The Balaban J connectivity index is 2.08. The van der Waals surface area contributed by atoms with Crippen molar-refractivity contribution >= 4 is 17.6 Å². The molecule has 0 aromatic carbocycles. The molecule has 2 aromatic rings. The van der Waals surface area contributed by atoms with Gasteiger partial charge in [-0.1, -0.05) is 17.8 Å². The lowest BCUT2D eigenvalue weighted by molar-refractivity contribution is 0.765. The minimum atomic E-state index is -0.219. The number of nitrogens with two attached hydrogens (primary N) is 1. The maximum absolute atomic E-state index is 11.1. The monoisotopic (exact) mass is 237 g/mol. The highest BCUT2D eigenvalue weighted by atomic mass is 32.2. The van der Waals surface area contributed by atoms with E-state index in [0.29, 0.717) is 16.7 Å². The fourth-order valence-corrected chi connectivity index (χ4v) is 2.00. The van der Waals surface area contributed by atoms with Crippen LogP contribution in [0.25, 0.3) is 0 Å². The van der Waals surface area contributed by atoms with Crippen LogP contribution in [0.1, 0.15) is 5.69 Å². The van der Waals surface area contributed by atoms with E-state index >= 15 is 0 Å². The van der Waals surface area contributed by atoms with Gasteiger partial charge in [0.2, 0.25) is 0 Å². The van der Waals surface area contributed by atoms with Crippen LogP contribution in [0.2, 0.25) is 0 Å². The van der Waals surface area contributed by atoms with E-state index in [9.17, 15) is 4.79 Å². The molecule has 2 rings (SSSR count). The maximum atomic E-state index is 11.1. The number of pyridine rings is 1. The third-order valence-corrected chi connectivity index (χ3v) is 3.08. The average molecular weight is 237 g/mol. The molecule has 0 aliphatic rings. The summed E-state index contributed by atoms with van der Waals surface area (Å²) in [6.07, 6.45) is 0.